The fourth-order valence-corrected chi connectivity index (χ4v) is 1.55. The van der Waals surface area contributed by atoms with E-state index in [-0.39, 0.29) is 0 Å². The summed E-state index contributed by atoms with van der Waals surface area (Å²) in [5.74, 6) is 0. The minimum Gasteiger partial charge on any atom is -0.372 e. The summed E-state index contributed by atoms with van der Waals surface area (Å²) in [7, 11) is 0. The molecule has 0 amide bonds. The van der Waals surface area contributed by atoms with Crippen LogP contribution in [0.5, 0.6) is 0 Å². The largest absolute Gasteiger partial charge is 0.372 e. The molecule has 0 fully saturated rings. The monoisotopic (exact) mass is 167 g/mol. The van der Waals surface area contributed by atoms with E-state index in [4.69, 9.17) is 0 Å². The topological polar surface area (TPSA) is 3.24 Å². The molecule has 1 heteroatoms. The van der Waals surface area contributed by atoms with Gasteiger partial charge in [-0.15, -0.1) is 0 Å². The molecule has 0 spiro atoms. The Morgan fingerprint density at radius 2 is 1.50 bits per heavy atom. The second-order valence-corrected chi connectivity index (χ2v) is 3.30. The molecule has 0 aliphatic rings. The fourth-order valence-electron chi connectivity index (χ4n) is 1.55. The molecule has 0 atom stereocenters. The zero-order chi connectivity index (χ0) is 9.72. The van der Waals surface area contributed by atoms with Crippen molar-refractivity contribution in [1.29, 1.82) is 0 Å². The van der Waals surface area contributed by atoms with Crippen LogP contribution in [0.3, 0.4) is 0 Å². The minimum atomic E-state index is 1.06. The molecule has 0 aromatic carbocycles. The van der Waals surface area contributed by atoms with Crippen LogP contribution >= 0.6 is 0 Å². The third kappa shape index (κ3) is 2.72. The normalized spacial score (nSPS) is 9.42. The SMILES string of the molecule is C=C(C)C(=C(C)C)N(CC)CC. The lowest BCUT2D eigenvalue weighted by atomic mass is 10.1. The van der Waals surface area contributed by atoms with Gasteiger partial charge in [-0.05, 0) is 40.2 Å². The Hall–Kier alpha value is -0.720. The lowest BCUT2D eigenvalue weighted by Gasteiger charge is -2.26. The van der Waals surface area contributed by atoms with E-state index >= 15 is 0 Å². The Balaban J connectivity index is 4.74. The second kappa shape index (κ2) is 5.02. The minimum absolute atomic E-state index is 1.06. The van der Waals surface area contributed by atoms with Crippen molar-refractivity contribution in [3.05, 3.63) is 23.4 Å². The molecular weight excluding hydrogens is 146 g/mol. The molecule has 0 N–H and O–H groups in total. The van der Waals surface area contributed by atoms with E-state index in [1.165, 1.54) is 16.8 Å². The zero-order valence-corrected chi connectivity index (χ0v) is 9.07. The maximum atomic E-state index is 3.99. The standard InChI is InChI=1S/C11H21N/c1-7-12(8-2)11(9(3)4)10(5)6/h3,7-8H2,1-2,4-6H3. The molecule has 0 rings (SSSR count). The van der Waals surface area contributed by atoms with Crippen LogP contribution in [0.25, 0.3) is 0 Å². The molecule has 12 heavy (non-hydrogen) atoms. The maximum Gasteiger partial charge on any atom is 0.0376 e. The van der Waals surface area contributed by atoms with Crippen LogP contribution in [-0.2, 0) is 0 Å². The van der Waals surface area contributed by atoms with Gasteiger partial charge in [0.1, 0.15) is 0 Å². The van der Waals surface area contributed by atoms with Crippen molar-refractivity contribution < 1.29 is 0 Å². The van der Waals surface area contributed by atoms with E-state index in [2.05, 4.69) is 46.1 Å². The van der Waals surface area contributed by atoms with Crippen molar-refractivity contribution in [3.63, 3.8) is 0 Å². The number of rotatable bonds is 4. The molecular formula is C11H21N. The van der Waals surface area contributed by atoms with E-state index < -0.39 is 0 Å². The molecule has 0 aliphatic carbocycles. The van der Waals surface area contributed by atoms with Gasteiger partial charge in [0.2, 0.25) is 0 Å². The van der Waals surface area contributed by atoms with Crippen molar-refractivity contribution >= 4 is 0 Å². The average Bonchev–Trinajstić information content (AvgIpc) is 1.98. The molecule has 0 radical (unpaired) electrons. The Bertz CT molecular complexity index is 181. The first kappa shape index (κ1) is 11.3. The van der Waals surface area contributed by atoms with Crippen molar-refractivity contribution in [3.8, 4) is 0 Å². The summed E-state index contributed by atoms with van der Waals surface area (Å²) in [5, 5.41) is 0. The van der Waals surface area contributed by atoms with Gasteiger partial charge >= 0.3 is 0 Å². The molecule has 1 nitrogen and oxygen atoms in total. The average molecular weight is 167 g/mol. The summed E-state index contributed by atoms with van der Waals surface area (Å²) in [6.45, 7) is 16.8. The van der Waals surface area contributed by atoms with Crippen LogP contribution in [0.15, 0.2) is 23.4 Å². The molecule has 0 saturated heterocycles. The number of hydrogen-bond donors (Lipinski definition) is 0. The Morgan fingerprint density at radius 3 is 1.58 bits per heavy atom. The van der Waals surface area contributed by atoms with Gasteiger partial charge in [0.15, 0.2) is 0 Å². The van der Waals surface area contributed by atoms with Crippen LogP contribution in [0.2, 0.25) is 0 Å². The van der Waals surface area contributed by atoms with Gasteiger partial charge in [-0.1, -0.05) is 12.2 Å². The third-order valence-corrected chi connectivity index (χ3v) is 1.96. The molecule has 0 saturated carbocycles. The Morgan fingerprint density at radius 1 is 1.08 bits per heavy atom. The predicted octanol–water partition coefficient (Wildman–Crippen LogP) is 3.20. The molecule has 0 aromatic rings. The third-order valence-electron chi connectivity index (χ3n) is 1.96. The Kier molecular flexibility index (Phi) is 4.72. The van der Waals surface area contributed by atoms with Gasteiger partial charge in [-0.25, -0.2) is 0 Å². The first-order valence-corrected chi connectivity index (χ1v) is 4.62. The van der Waals surface area contributed by atoms with E-state index in [0.717, 1.165) is 13.1 Å². The highest BCUT2D eigenvalue weighted by Gasteiger charge is 2.06. The maximum absolute atomic E-state index is 3.99. The van der Waals surface area contributed by atoms with Crippen LogP contribution in [-0.4, -0.2) is 18.0 Å². The highest BCUT2D eigenvalue weighted by molar-refractivity contribution is 5.28. The molecule has 0 heterocycles. The number of hydrogen-bond acceptors (Lipinski definition) is 1. The van der Waals surface area contributed by atoms with Crippen molar-refractivity contribution in [2.24, 2.45) is 0 Å². The van der Waals surface area contributed by atoms with E-state index in [1.54, 1.807) is 0 Å². The smallest absolute Gasteiger partial charge is 0.0376 e. The molecule has 70 valence electrons. The first-order valence-electron chi connectivity index (χ1n) is 4.62. The molecule has 0 aromatic heterocycles. The first-order chi connectivity index (χ1) is 5.54. The summed E-state index contributed by atoms with van der Waals surface area (Å²) in [6, 6.07) is 0. The van der Waals surface area contributed by atoms with Gasteiger partial charge in [0.25, 0.3) is 0 Å². The van der Waals surface area contributed by atoms with Crippen molar-refractivity contribution in [2.75, 3.05) is 13.1 Å². The van der Waals surface area contributed by atoms with E-state index in [9.17, 15) is 0 Å². The summed E-state index contributed by atoms with van der Waals surface area (Å²) in [6.07, 6.45) is 0. The van der Waals surface area contributed by atoms with Crippen LogP contribution < -0.4 is 0 Å². The highest BCUT2D eigenvalue weighted by Crippen LogP contribution is 2.16. The Labute approximate surface area is 76.8 Å². The summed E-state index contributed by atoms with van der Waals surface area (Å²) >= 11 is 0. The van der Waals surface area contributed by atoms with Gasteiger partial charge < -0.3 is 4.90 Å². The summed E-state index contributed by atoms with van der Waals surface area (Å²) in [5.41, 5.74) is 3.84. The quantitative estimate of drug-likeness (QED) is 0.581. The van der Waals surface area contributed by atoms with Gasteiger partial charge in [0, 0.05) is 18.8 Å². The van der Waals surface area contributed by atoms with E-state index in [0.29, 0.717) is 0 Å². The predicted molar refractivity (Wildman–Crippen MR) is 56.1 cm³/mol. The number of likely N-dealkylation sites (N-methyl/N-ethyl adjacent to an activating group) is 1. The molecule has 0 unspecified atom stereocenters. The molecule has 0 aliphatic heterocycles. The lowest BCUT2D eigenvalue weighted by molar-refractivity contribution is 0.385. The zero-order valence-electron chi connectivity index (χ0n) is 9.07. The van der Waals surface area contributed by atoms with Gasteiger partial charge in [-0.2, -0.15) is 0 Å². The van der Waals surface area contributed by atoms with Crippen LogP contribution in [0.1, 0.15) is 34.6 Å². The summed E-state index contributed by atoms with van der Waals surface area (Å²) < 4.78 is 0. The fraction of sp³-hybridized carbons (Fsp3) is 0.636. The van der Waals surface area contributed by atoms with Crippen LogP contribution in [0.4, 0.5) is 0 Å². The second-order valence-electron chi connectivity index (χ2n) is 3.30. The van der Waals surface area contributed by atoms with Crippen molar-refractivity contribution in [2.45, 2.75) is 34.6 Å². The lowest BCUT2D eigenvalue weighted by Crippen LogP contribution is -2.23. The van der Waals surface area contributed by atoms with E-state index in [1.807, 2.05) is 0 Å². The number of allylic oxidation sites excluding steroid dienone is 2. The van der Waals surface area contributed by atoms with Gasteiger partial charge in [0.05, 0.1) is 0 Å². The molecule has 0 bridgehead atoms. The van der Waals surface area contributed by atoms with Gasteiger partial charge in [-0.3, -0.25) is 0 Å². The summed E-state index contributed by atoms with van der Waals surface area (Å²) in [4.78, 5) is 2.34. The number of nitrogens with zero attached hydrogens (tertiary/aromatic N) is 1. The van der Waals surface area contributed by atoms with Crippen LogP contribution in [0, 0.1) is 0 Å². The van der Waals surface area contributed by atoms with Crippen molar-refractivity contribution in [1.82, 2.24) is 4.90 Å². The highest BCUT2D eigenvalue weighted by atomic mass is 15.1.